The van der Waals surface area contributed by atoms with Gasteiger partial charge < -0.3 is 14.9 Å². The number of carboxylic acids is 1. The largest absolute Gasteiger partial charge is 0.481 e. The zero-order valence-corrected chi connectivity index (χ0v) is 17.1. The number of piperidine rings is 1. The van der Waals surface area contributed by atoms with Crippen LogP contribution in [-0.4, -0.2) is 84.0 Å². The SMILES string of the molecule is Cc1ccccc1CC(=O)N1CCC(N2CCN(C)CC2)C(CCC(=O)O)C1. The van der Waals surface area contributed by atoms with Gasteiger partial charge in [0.25, 0.3) is 0 Å². The molecule has 1 N–H and O–H groups in total. The summed E-state index contributed by atoms with van der Waals surface area (Å²) in [5.74, 6) is -0.360. The summed E-state index contributed by atoms with van der Waals surface area (Å²) < 4.78 is 0. The molecule has 2 unspecified atom stereocenters. The van der Waals surface area contributed by atoms with Crippen LogP contribution in [0.2, 0.25) is 0 Å². The molecule has 0 bridgehead atoms. The van der Waals surface area contributed by atoms with Crippen LogP contribution in [0.15, 0.2) is 24.3 Å². The van der Waals surface area contributed by atoms with E-state index in [-0.39, 0.29) is 18.2 Å². The van der Waals surface area contributed by atoms with Crippen molar-refractivity contribution in [3.05, 3.63) is 35.4 Å². The van der Waals surface area contributed by atoms with Gasteiger partial charge >= 0.3 is 5.97 Å². The number of likely N-dealkylation sites (N-methyl/N-ethyl adjacent to an activating group) is 1. The molecule has 154 valence electrons. The second-order valence-electron chi connectivity index (χ2n) is 8.33. The van der Waals surface area contributed by atoms with Gasteiger partial charge in [-0.2, -0.15) is 0 Å². The number of hydrogen-bond acceptors (Lipinski definition) is 4. The van der Waals surface area contributed by atoms with Gasteiger partial charge in [-0.3, -0.25) is 14.5 Å². The Labute approximate surface area is 168 Å². The molecule has 6 nitrogen and oxygen atoms in total. The molecule has 0 radical (unpaired) electrons. The molecule has 0 aromatic heterocycles. The number of amides is 1. The number of piperazine rings is 1. The second-order valence-corrected chi connectivity index (χ2v) is 8.33. The van der Waals surface area contributed by atoms with E-state index in [9.17, 15) is 14.7 Å². The molecule has 2 atom stereocenters. The minimum atomic E-state index is -0.750. The van der Waals surface area contributed by atoms with E-state index >= 15 is 0 Å². The summed E-state index contributed by atoms with van der Waals surface area (Å²) in [5.41, 5.74) is 2.22. The fourth-order valence-electron chi connectivity index (χ4n) is 4.56. The normalized spacial score (nSPS) is 24.3. The number of benzene rings is 1. The van der Waals surface area contributed by atoms with Gasteiger partial charge in [-0.15, -0.1) is 0 Å². The Hall–Kier alpha value is -1.92. The van der Waals surface area contributed by atoms with Gasteiger partial charge in [0.15, 0.2) is 0 Å². The maximum absolute atomic E-state index is 12.9. The molecule has 2 heterocycles. The third-order valence-corrected chi connectivity index (χ3v) is 6.39. The van der Waals surface area contributed by atoms with E-state index in [1.807, 2.05) is 36.1 Å². The Kier molecular flexibility index (Phi) is 7.08. The number of likely N-dealkylation sites (tertiary alicyclic amines) is 1. The van der Waals surface area contributed by atoms with Gasteiger partial charge in [-0.1, -0.05) is 24.3 Å². The fraction of sp³-hybridized carbons (Fsp3) is 0.636. The van der Waals surface area contributed by atoms with Crippen LogP contribution >= 0.6 is 0 Å². The maximum atomic E-state index is 12.9. The number of hydrogen-bond donors (Lipinski definition) is 1. The average Bonchev–Trinajstić information content (AvgIpc) is 2.68. The Balaban J connectivity index is 1.65. The van der Waals surface area contributed by atoms with Gasteiger partial charge in [-0.25, -0.2) is 0 Å². The van der Waals surface area contributed by atoms with E-state index in [1.165, 1.54) is 0 Å². The molecule has 2 aliphatic heterocycles. The van der Waals surface area contributed by atoms with Crippen molar-refractivity contribution in [1.29, 1.82) is 0 Å². The fourth-order valence-corrected chi connectivity index (χ4v) is 4.56. The van der Waals surface area contributed by atoms with Crippen LogP contribution in [-0.2, 0) is 16.0 Å². The Morgan fingerprint density at radius 3 is 2.50 bits per heavy atom. The molecule has 2 saturated heterocycles. The lowest BCUT2D eigenvalue weighted by molar-refractivity contribution is -0.137. The smallest absolute Gasteiger partial charge is 0.303 e. The zero-order chi connectivity index (χ0) is 20.1. The molecule has 0 saturated carbocycles. The standard InChI is InChI=1S/C22H33N3O3/c1-17-5-3-4-6-18(17)15-21(26)25-10-9-20(19(16-25)7-8-22(27)28)24-13-11-23(2)12-14-24/h3-6,19-20H,7-16H2,1-2H3,(H,27,28). The van der Waals surface area contributed by atoms with Gasteiger partial charge in [0.2, 0.25) is 5.91 Å². The molecular weight excluding hydrogens is 354 g/mol. The van der Waals surface area contributed by atoms with Crippen molar-refractivity contribution >= 4 is 11.9 Å². The summed E-state index contributed by atoms with van der Waals surface area (Å²) in [4.78, 5) is 30.9. The molecule has 2 aliphatic rings. The summed E-state index contributed by atoms with van der Waals surface area (Å²) in [5, 5.41) is 9.18. The Morgan fingerprint density at radius 1 is 1.11 bits per heavy atom. The van der Waals surface area contributed by atoms with Crippen LogP contribution in [0.1, 0.15) is 30.4 Å². The van der Waals surface area contributed by atoms with Gasteiger partial charge in [0, 0.05) is 51.7 Å². The van der Waals surface area contributed by atoms with Gasteiger partial charge in [-0.05, 0) is 43.9 Å². The quantitative estimate of drug-likeness (QED) is 0.807. The van der Waals surface area contributed by atoms with Gasteiger partial charge in [0.05, 0.1) is 6.42 Å². The first kappa shape index (κ1) is 20.8. The Morgan fingerprint density at radius 2 is 1.82 bits per heavy atom. The molecule has 1 aromatic carbocycles. The first-order valence-electron chi connectivity index (χ1n) is 10.4. The van der Waals surface area contributed by atoms with Crippen molar-refractivity contribution in [2.75, 3.05) is 46.3 Å². The monoisotopic (exact) mass is 387 g/mol. The highest BCUT2D eigenvalue weighted by atomic mass is 16.4. The summed E-state index contributed by atoms with van der Waals surface area (Å²) in [7, 11) is 2.14. The molecule has 28 heavy (non-hydrogen) atoms. The lowest BCUT2D eigenvalue weighted by Gasteiger charge is -2.46. The molecule has 2 fully saturated rings. The first-order chi connectivity index (χ1) is 13.4. The van der Waals surface area contributed by atoms with Crippen molar-refractivity contribution in [3.63, 3.8) is 0 Å². The first-order valence-corrected chi connectivity index (χ1v) is 10.4. The average molecular weight is 388 g/mol. The van der Waals surface area contributed by atoms with Crippen LogP contribution in [0.4, 0.5) is 0 Å². The van der Waals surface area contributed by atoms with E-state index in [1.54, 1.807) is 0 Å². The van der Waals surface area contributed by atoms with E-state index in [0.717, 1.165) is 50.3 Å². The topological polar surface area (TPSA) is 64.1 Å². The summed E-state index contributed by atoms with van der Waals surface area (Å²) >= 11 is 0. The number of carbonyl (C=O) groups excluding carboxylic acids is 1. The number of carbonyl (C=O) groups is 2. The number of aliphatic carboxylic acids is 1. The van der Waals surface area contributed by atoms with Crippen molar-refractivity contribution in [1.82, 2.24) is 14.7 Å². The molecule has 1 amide bonds. The number of carboxylic acid groups (broad SMARTS) is 1. The molecule has 0 spiro atoms. The summed E-state index contributed by atoms with van der Waals surface area (Å²) in [6.45, 7) is 7.65. The summed E-state index contributed by atoms with van der Waals surface area (Å²) in [6, 6.07) is 8.41. The van der Waals surface area contributed by atoms with Crippen molar-refractivity contribution in [3.8, 4) is 0 Å². The van der Waals surface area contributed by atoms with E-state index in [2.05, 4.69) is 16.8 Å². The maximum Gasteiger partial charge on any atom is 0.303 e. The molecule has 3 rings (SSSR count). The van der Waals surface area contributed by atoms with Crippen molar-refractivity contribution < 1.29 is 14.7 Å². The predicted octanol–water partition coefficient (Wildman–Crippen LogP) is 1.87. The summed E-state index contributed by atoms with van der Waals surface area (Å²) in [6.07, 6.45) is 2.18. The van der Waals surface area contributed by atoms with E-state index in [4.69, 9.17) is 0 Å². The van der Waals surface area contributed by atoms with Crippen LogP contribution in [0.5, 0.6) is 0 Å². The highest BCUT2D eigenvalue weighted by molar-refractivity contribution is 5.79. The van der Waals surface area contributed by atoms with Crippen LogP contribution in [0.3, 0.4) is 0 Å². The van der Waals surface area contributed by atoms with Gasteiger partial charge in [0.1, 0.15) is 0 Å². The highest BCUT2D eigenvalue weighted by Gasteiger charge is 2.35. The van der Waals surface area contributed by atoms with Crippen molar-refractivity contribution in [2.45, 2.75) is 38.6 Å². The number of rotatable bonds is 6. The van der Waals surface area contributed by atoms with E-state index in [0.29, 0.717) is 25.4 Å². The third-order valence-electron chi connectivity index (χ3n) is 6.39. The molecule has 0 aliphatic carbocycles. The third kappa shape index (κ3) is 5.32. The van der Waals surface area contributed by atoms with E-state index < -0.39 is 5.97 Å². The zero-order valence-electron chi connectivity index (χ0n) is 17.1. The minimum Gasteiger partial charge on any atom is -0.481 e. The lowest BCUT2D eigenvalue weighted by atomic mass is 9.86. The molecular formula is C22H33N3O3. The highest BCUT2D eigenvalue weighted by Crippen LogP contribution is 2.28. The molecule has 1 aromatic rings. The Bertz CT molecular complexity index is 685. The number of aryl methyl sites for hydroxylation is 1. The molecule has 6 heteroatoms. The minimum absolute atomic E-state index is 0.159. The van der Waals surface area contributed by atoms with Crippen molar-refractivity contribution in [2.24, 2.45) is 5.92 Å². The van der Waals surface area contributed by atoms with Crippen LogP contribution in [0.25, 0.3) is 0 Å². The van der Waals surface area contributed by atoms with Crippen LogP contribution in [0, 0.1) is 12.8 Å². The predicted molar refractivity (Wildman–Crippen MR) is 109 cm³/mol. The lowest BCUT2D eigenvalue weighted by Crippen LogP contribution is -2.57. The van der Waals surface area contributed by atoms with Crippen LogP contribution < -0.4 is 0 Å². The number of nitrogens with zero attached hydrogens (tertiary/aromatic N) is 3. The second kappa shape index (κ2) is 9.52.